The minimum atomic E-state index is -1.07. The SMILES string of the molecule is CC(C)(Oc1ccc(Cl)cc1)C(=O)Nc1nc(-c2ccc3ccccc3c2)cs1. The van der Waals surface area contributed by atoms with E-state index in [1.165, 1.54) is 16.7 Å². The molecule has 0 saturated carbocycles. The number of thiazole rings is 1. The Balaban J connectivity index is 1.48. The van der Waals surface area contributed by atoms with Crippen molar-refractivity contribution in [1.29, 1.82) is 0 Å². The van der Waals surface area contributed by atoms with Crippen LogP contribution >= 0.6 is 22.9 Å². The maximum atomic E-state index is 12.7. The Morgan fingerprint density at radius 2 is 1.76 bits per heavy atom. The highest BCUT2D eigenvalue weighted by molar-refractivity contribution is 7.14. The second-order valence-electron chi connectivity index (χ2n) is 7.12. The van der Waals surface area contributed by atoms with Crippen LogP contribution in [0.2, 0.25) is 5.02 Å². The number of nitrogens with one attached hydrogen (secondary N) is 1. The molecule has 0 bridgehead atoms. The Hall–Kier alpha value is -2.89. The van der Waals surface area contributed by atoms with E-state index in [0.717, 1.165) is 16.6 Å². The number of carbonyl (C=O) groups is 1. The van der Waals surface area contributed by atoms with E-state index in [9.17, 15) is 4.79 Å². The molecule has 0 unspecified atom stereocenters. The summed E-state index contributed by atoms with van der Waals surface area (Å²) in [6, 6.07) is 21.3. The lowest BCUT2D eigenvalue weighted by molar-refractivity contribution is -0.128. The molecule has 1 N–H and O–H groups in total. The van der Waals surface area contributed by atoms with Gasteiger partial charge in [0, 0.05) is 16.0 Å². The number of halogens is 1. The van der Waals surface area contributed by atoms with Crippen LogP contribution < -0.4 is 10.1 Å². The molecular weight excluding hydrogens is 404 g/mol. The summed E-state index contributed by atoms with van der Waals surface area (Å²) in [6.45, 7) is 3.43. The fourth-order valence-corrected chi connectivity index (χ4v) is 3.74. The van der Waals surface area contributed by atoms with Crippen LogP contribution in [0.5, 0.6) is 5.75 Å². The van der Waals surface area contributed by atoms with Gasteiger partial charge >= 0.3 is 0 Å². The topological polar surface area (TPSA) is 51.2 Å². The molecule has 29 heavy (non-hydrogen) atoms. The van der Waals surface area contributed by atoms with Gasteiger partial charge in [-0.15, -0.1) is 11.3 Å². The Kier molecular flexibility index (Phi) is 5.26. The van der Waals surface area contributed by atoms with Crippen molar-refractivity contribution in [2.24, 2.45) is 0 Å². The molecule has 1 amide bonds. The van der Waals surface area contributed by atoms with Crippen LogP contribution in [0.1, 0.15) is 13.8 Å². The van der Waals surface area contributed by atoms with Gasteiger partial charge in [-0.05, 0) is 55.0 Å². The number of ether oxygens (including phenoxy) is 1. The molecule has 4 rings (SSSR count). The summed E-state index contributed by atoms with van der Waals surface area (Å²) in [7, 11) is 0. The monoisotopic (exact) mass is 422 g/mol. The number of benzene rings is 3. The van der Waals surface area contributed by atoms with Crippen LogP contribution in [-0.4, -0.2) is 16.5 Å². The molecule has 146 valence electrons. The number of rotatable bonds is 5. The molecule has 0 aliphatic heterocycles. The zero-order valence-electron chi connectivity index (χ0n) is 16.0. The van der Waals surface area contributed by atoms with Gasteiger partial charge in [-0.25, -0.2) is 4.98 Å². The molecule has 0 aliphatic carbocycles. The lowest BCUT2D eigenvalue weighted by Crippen LogP contribution is -2.42. The van der Waals surface area contributed by atoms with E-state index in [1.54, 1.807) is 38.1 Å². The van der Waals surface area contributed by atoms with Crippen molar-refractivity contribution in [1.82, 2.24) is 4.98 Å². The number of nitrogens with zero attached hydrogens (tertiary/aromatic N) is 1. The van der Waals surface area contributed by atoms with Crippen molar-refractivity contribution in [2.75, 3.05) is 5.32 Å². The predicted molar refractivity (Wildman–Crippen MR) is 120 cm³/mol. The molecule has 1 aromatic heterocycles. The van der Waals surface area contributed by atoms with E-state index in [1.807, 2.05) is 23.6 Å². The Morgan fingerprint density at radius 1 is 1.03 bits per heavy atom. The number of amides is 1. The van der Waals surface area contributed by atoms with Gasteiger partial charge in [0.15, 0.2) is 10.7 Å². The highest BCUT2D eigenvalue weighted by Crippen LogP contribution is 2.29. The summed E-state index contributed by atoms with van der Waals surface area (Å²) in [5.41, 5.74) is 0.771. The zero-order valence-corrected chi connectivity index (χ0v) is 17.6. The van der Waals surface area contributed by atoms with E-state index < -0.39 is 5.60 Å². The van der Waals surface area contributed by atoms with Crippen LogP contribution in [-0.2, 0) is 4.79 Å². The Bertz CT molecular complexity index is 1170. The maximum Gasteiger partial charge on any atom is 0.269 e. The highest BCUT2D eigenvalue weighted by atomic mass is 35.5. The minimum Gasteiger partial charge on any atom is -0.478 e. The number of carbonyl (C=O) groups excluding carboxylic acids is 1. The summed E-state index contributed by atoms with van der Waals surface area (Å²) in [4.78, 5) is 17.3. The third kappa shape index (κ3) is 4.42. The van der Waals surface area contributed by atoms with Gasteiger partial charge in [0.05, 0.1) is 5.69 Å². The molecule has 0 atom stereocenters. The fraction of sp³-hybridized carbons (Fsp3) is 0.130. The van der Waals surface area contributed by atoms with Gasteiger partial charge in [0.2, 0.25) is 0 Å². The molecular formula is C23H19ClN2O2S. The first-order valence-corrected chi connectivity index (χ1v) is 10.4. The average molecular weight is 423 g/mol. The second-order valence-corrected chi connectivity index (χ2v) is 8.41. The van der Waals surface area contributed by atoms with Crippen LogP contribution in [0.15, 0.2) is 72.1 Å². The van der Waals surface area contributed by atoms with Crippen molar-refractivity contribution in [3.63, 3.8) is 0 Å². The van der Waals surface area contributed by atoms with Crippen LogP contribution in [0.4, 0.5) is 5.13 Å². The summed E-state index contributed by atoms with van der Waals surface area (Å²) in [5, 5.41) is 8.28. The quantitative estimate of drug-likeness (QED) is 0.404. The zero-order chi connectivity index (χ0) is 20.4. The van der Waals surface area contributed by atoms with Crippen LogP contribution in [0, 0.1) is 0 Å². The molecule has 4 aromatic rings. The van der Waals surface area contributed by atoms with Gasteiger partial charge < -0.3 is 4.74 Å². The van der Waals surface area contributed by atoms with Crippen LogP contribution in [0.25, 0.3) is 22.0 Å². The molecule has 0 radical (unpaired) electrons. The van der Waals surface area contributed by atoms with Crippen LogP contribution in [0.3, 0.4) is 0 Å². The van der Waals surface area contributed by atoms with Gasteiger partial charge in [0.25, 0.3) is 5.91 Å². The summed E-state index contributed by atoms with van der Waals surface area (Å²) < 4.78 is 5.84. The predicted octanol–water partition coefficient (Wildman–Crippen LogP) is 6.41. The average Bonchev–Trinajstić information content (AvgIpc) is 3.18. The molecule has 4 nitrogen and oxygen atoms in total. The summed E-state index contributed by atoms with van der Waals surface area (Å²) in [6.07, 6.45) is 0. The third-order valence-electron chi connectivity index (χ3n) is 4.50. The summed E-state index contributed by atoms with van der Waals surface area (Å²) >= 11 is 7.28. The normalized spacial score (nSPS) is 11.4. The lowest BCUT2D eigenvalue weighted by Gasteiger charge is -2.24. The van der Waals surface area contributed by atoms with E-state index >= 15 is 0 Å². The molecule has 0 saturated heterocycles. The molecule has 0 aliphatic rings. The number of hydrogen-bond acceptors (Lipinski definition) is 4. The van der Waals surface area contributed by atoms with Crippen molar-refractivity contribution < 1.29 is 9.53 Å². The smallest absolute Gasteiger partial charge is 0.269 e. The minimum absolute atomic E-state index is 0.271. The molecule has 0 spiro atoms. The van der Waals surface area contributed by atoms with E-state index in [-0.39, 0.29) is 5.91 Å². The van der Waals surface area contributed by atoms with E-state index in [4.69, 9.17) is 16.3 Å². The first-order valence-electron chi connectivity index (χ1n) is 9.11. The number of aromatic nitrogens is 1. The number of fused-ring (bicyclic) bond motifs is 1. The molecule has 1 heterocycles. The maximum absolute atomic E-state index is 12.7. The fourth-order valence-electron chi connectivity index (χ4n) is 2.90. The Morgan fingerprint density at radius 3 is 2.52 bits per heavy atom. The highest BCUT2D eigenvalue weighted by Gasteiger charge is 2.30. The standard InChI is InChI=1S/C23H19ClN2O2S/c1-23(2,28-19-11-9-18(24)10-12-19)21(27)26-22-25-20(14-29-22)17-8-7-15-5-3-4-6-16(15)13-17/h3-14H,1-2H3,(H,25,26,27). The van der Waals surface area contributed by atoms with Gasteiger partial charge in [0.1, 0.15) is 5.75 Å². The van der Waals surface area contributed by atoms with Crippen molar-refractivity contribution in [3.05, 3.63) is 77.1 Å². The molecule has 6 heteroatoms. The molecule has 0 fully saturated rings. The van der Waals surface area contributed by atoms with E-state index in [2.05, 4.69) is 34.6 Å². The lowest BCUT2D eigenvalue weighted by atomic mass is 10.1. The van der Waals surface area contributed by atoms with Gasteiger partial charge in [-0.2, -0.15) is 0 Å². The van der Waals surface area contributed by atoms with Gasteiger partial charge in [-0.1, -0.05) is 48.0 Å². The van der Waals surface area contributed by atoms with Gasteiger partial charge in [-0.3, -0.25) is 10.1 Å². The van der Waals surface area contributed by atoms with E-state index in [0.29, 0.717) is 15.9 Å². The summed E-state index contributed by atoms with van der Waals surface area (Å²) in [5.74, 6) is 0.303. The molecule has 3 aromatic carbocycles. The largest absolute Gasteiger partial charge is 0.478 e. The second kappa shape index (κ2) is 7.85. The van der Waals surface area contributed by atoms with Crippen molar-refractivity contribution in [2.45, 2.75) is 19.4 Å². The number of anilines is 1. The van der Waals surface area contributed by atoms with Crippen molar-refractivity contribution in [3.8, 4) is 17.0 Å². The van der Waals surface area contributed by atoms with Crippen molar-refractivity contribution >= 4 is 44.7 Å². The first kappa shape index (κ1) is 19.4. The Labute approximate surface area is 178 Å². The number of hydrogen-bond donors (Lipinski definition) is 1. The third-order valence-corrected chi connectivity index (χ3v) is 5.51. The first-order chi connectivity index (χ1) is 13.9.